The van der Waals surface area contributed by atoms with Crippen molar-refractivity contribution in [2.75, 3.05) is 34.2 Å². The number of nitrogens with one attached hydrogen (secondary N) is 1. The smallest absolute Gasteiger partial charge is 0.336 e. The lowest BCUT2D eigenvalue weighted by atomic mass is 9.91. The molecule has 7 heteroatoms. The maximum Gasteiger partial charge on any atom is 0.336 e. The summed E-state index contributed by atoms with van der Waals surface area (Å²) in [4.78, 5) is 23.9. The van der Waals surface area contributed by atoms with E-state index in [-0.39, 0.29) is 6.54 Å². The van der Waals surface area contributed by atoms with Crippen molar-refractivity contribution < 1.29 is 24.3 Å². The Morgan fingerprint density at radius 2 is 1.31 bits per heavy atom. The Bertz CT molecular complexity index is 465. The van der Waals surface area contributed by atoms with Gasteiger partial charge in [0.25, 0.3) is 5.91 Å². The van der Waals surface area contributed by atoms with Crippen LogP contribution in [-0.2, 0) is 9.59 Å². The van der Waals surface area contributed by atoms with E-state index in [1.165, 1.54) is 57.8 Å². The summed E-state index contributed by atoms with van der Waals surface area (Å²) in [6, 6.07) is 0. The molecule has 0 saturated carbocycles. The van der Waals surface area contributed by atoms with Gasteiger partial charge in [0.15, 0.2) is 0 Å². The lowest BCUT2D eigenvalue weighted by Crippen LogP contribution is -2.69. The molecule has 0 aliphatic heterocycles. The zero-order valence-electron chi connectivity index (χ0n) is 19.2. The minimum absolute atomic E-state index is 0.0643. The molecule has 5 N–H and O–H groups in total. The largest absolute Gasteiger partial charge is 0.479 e. The molecular weight excluding hydrogens is 370 g/mol. The number of nitrogens with two attached hydrogens (primary N) is 1. The van der Waals surface area contributed by atoms with Crippen LogP contribution in [0.1, 0.15) is 84.0 Å². The third kappa shape index (κ3) is 12.2. The summed E-state index contributed by atoms with van der Waals surface area (Å²) in [6.45, 7) is 2.67. The van der Waals surface area contributed by atoms with Gasteiger partial charge in [0.1, 0.15) is 12.6 Å². The number of likely N-dealkylation sites (N-methyl/N-ethyl adjacent to an activating group) is 1. The number of hydrogen-bond acceptors (Lipinski definition) is 4. The predicted molar refractivity (Wildman–Crippen MR) is 118 cm³/mol. The number of nitrogens with zero attached hydrogens (tertiary/aromatic N) is 1. The van der Waals surface area contributed by atoms with Crippen LogP contribution in [0.15, 0.2) is 0 Å². The molecule has 29 heavy (non-hydrogen) atoms. The summed E-state index contributed by atoms with van der Waals surface area (Å²) in [5.41, 5.74) is 3.48. The molecule has 0 aliphatic carbocycles. The van der Waals surface area contributed by atoms with Gasteiger partial charge in [-0.05, 0) is 6.42 Å². The van der Waals surface area contributed by atoms with Gasteiger partial charge in [-0.1, -0.05) is 77.6 Å². The predicted octanol–water partition coefficient (Wildman–Crippen LogP) is 2.65. The summed E-state index contributed by atoms with van der Waals surface area (Å²) in [5, 5.41) is 22.3. The average Bonchev–Trinajstić information content (AvgIpc) is 2.62. The van der Waals surface area contributed by atoms with Crippen LogP contribution >= 0.6 is 0 Å². The molecule has 0 saturated heterocycles. The van der Waals surface area contributed by atoms with E-state index in [0.29, 0.717) is 11.0 Å². The van der Waals surface area contributed by atoms with Gasteiger partial charge in [-0.25, -0.2) is 4.79 Å². The van der Waals surface area contributed by atoms with Gasteiger partial charge in [0.05, 0.1) is 21.1 Å². The van der Waals surface area contributed by atoms with Crippen molar-refractivity contribution in [2.24, 2.45) is 5.73 Å². The first-order chi connectivity index (χ1) is 13.6. The molecule has 172 valence electrons. The van der Waals surface area contributed by atoms with E-state index in [9.17, 15) is 19.8 Å². The van der Waals surface area contributed by atoms with E-state index in [1.807, 2.05) is 0 Å². The molecule has 0 unspecified atom stereocenters. The molecule has 2 atom stereocenters. The van der Waals surface area contributed by atoms with Gasteiger partial charge in [0.2, 0.25) is 5.54 Å². The molecule has 0 rings (SSSR count). The van der Waals surface area contributed by atoms with Crippen LogP contribution in [0.4, 0.5) is 0 Å². The lowest BCUT2D eigenvalue weighted by Gasteiger charge is -2.33. The minimum Gasteiger partial charge on any atom is -0.479 e. The van der Waals surface area contributed by atoms with Crippen molar-refractivity contribution >= 4 is 11.9 Å². The fourth-order valence-corrected chi connectivity index (χ4v) is 3.37. The number of unbranched alkanes of at least 4 members (excludes halogenated alkanes) is 11. The molecule has 0 heterocycles. The minimum atomic E-state index is -2.33. The van der Waals surface area contributed by atoms with E-state index in [4.69, 9.17) is 5.73 Å². The first-order valence-corrected chi connectivity index (χ1v) is 11.3. The Hall–Kier alpha value is -1.18. The average molecular weight is 417 g/mol. The Morgan fingerprint density at radius 3 is 1.69 bits per heavy atom. The summed E-state index contributed by atoms with van der Waals surface area (Å²) in [7, 11) is 5.40. The van der Waals surface area contributed by atoms with Gasteiger partial charge < -0.3 is 25.7 Å². The maximum absolute atomic E-state index is 12.4. The first-order valence-electron chi connectivity index (χ1n) is 11.3. The number of carbonyl (C=O) groups excluding carboxylic acids is 1. The Labute approximate surface area is 177 Å². The van der Waals surface area contributed by atoms with Crippen LogP contribution in [0.2, 0.25) is 0 Å². The van der Waals surface area contributed by atoms with Crippen LogP contribution in [0.3, 0.4) is 0 Å². The third-order valence-electron chi connectivity index (χ3n) is 5.29. The fourth-order valence-electron chi connectivity index (χ4n) is 3.37. The molecule has 0 aromatic heterocycles. The number of carbonyl (C=O) groups is 2. The highest BCUT2D eigenvalue weighted by Gasteiger charge is 2.50. The van der Waals surface area contributed by atoms with Crippen molar-refractivity contribution in [1.29, 1.82) is 0 Å². The van der Waals surface area contributed by atoms with Crippen molar-refractivity contribution in [3.05, 3.63) is 0 Å². The molecule has 0 aliphatic rings. The number of aliphatic hydroxyl groups excluding tert-OH is 1. The Morgan fingerprint density at radius 1 is 0.897 bits per heavy atom. The summed E-state index contributed by atoms with van der Waals surface area (Å²) < 4.78 is 0.305. The molecule has 0 spiro atoms. The van der Waals surface area contributed by atoms with Crippen LogP contribution in [0.5, 0.6) is 0 Å². The first kappa shape index (κ1) is 27.8. The highest BCUT2D eigenvalue weighted by molar-refractivity contribution is 6.07. The van der Waals surface area contributed by atoms with E-state index in [2.05, 4.69) is 12.2 Å². The van der Waals surface area contributed by atoms with Gasteiger partial charge in [-0.15, -0.1) is 0 Å². The second kappa shape index (κ2) is 14.7. The molecule has 1 amide bonds. The van der Waals surface area contributed by atoms with Gasteiger partial charge >= 0.3 is 5.97 Å². The van der Waals surface area contributed by atoms with Crippen LogP contribution in [0, 0.1) is 0 Å². The second-order valence-corrected chi connectivity index (χ2v) is 9.31. The van der Waals surface area contributed by atoms with Crippen LogP contribution in [0.25, 0.3) is 0 Å². The van der Waals surface area contributed by atoms with Gasteiger partial charge in [0, 0.05) is 6.54 Å². The van der Waals surface area contributed by atoms with Crippen LogP contribution < -0.4 is 11.1 Å². The van der Waals surface area contributed by atoms with E-state index in [0.717, 1.165) is 19.3 Å². The van der Waals surface area contributed by atoms with Crippen LogP contribution in [-0.4, -0.2) is 72.4 Å². The van der Waals surface area contributed by atoms with Crippen molar-refractivity contribution in [3.63, 3.8) is 0 Å². The third-order valence-corrected chi connectivity index (χ3v) is 5.29. The lowest BCUT2D eigenvalue weighted by molar-refractivity contribution is -0.873. The maximum atomic E-state index is 12.4. The molecule has 0 aromatic carbocycles. The van der Waals surface area contributed by atoms with Gasteiger partial charge in [-0.3, -0.25) is 4.79 Å². The van der Waals surface area contributed by atoms with Crippen molar-refractivity contribution in [2.45, 2.75) is 95.6 Å². The normalized spacial score (nSPS) is 15.0. The monoisotopic (exact) mass is 416 g/mol. The van der Waals surface area contributed by atoms with E-state index < -0.39 is 23.5 Å². The number of amides is 1. The summed E-state index contributed by atoms with van der Waals surface area (Å²) >= 11 is 0. The number of aliphatic hydroxyl groups is 1. The zero-order chi connectivity index (χ0) is 22.3. The number of rotatable bonds is 18. The quantitative estimate of drug-likeness (QED) is 0.156. The topological polar surface area (TPSA) is 113 Å². The molecule has 7 nitrogen and oxygen atoms in total. The fraction of sp³-hybridized carbons (Fsp3) is 0.909. The number of hydrogen-bond donors (Lipinski definition) is 4. The molecule has 0 radical (unpaired) electrons. The standard InChI is InChI=1S/C22H45N3O4/c1-5-6-7-8-9-10-11-12-13-14-15-16-17-24-20(27)22(23,21(28)29)19(26)18-25(2,3)4/h19,26H,5-18,23H2,1-4H3,(H-,24,27,28,29)/p+1/t19-,22-/m1/s1. The Balaban J connectivity index is 3.96. The second-order valence-electron chi connectivity index (χ2n) is 9.31. The molecule has 0 aromatic rings. The van der Waals surface area contributed by atoms with E-state index >= 15 is 0 Å². The SMILES string of the molecule is CCCCCCCCCCCCCCNC(=O)[C@@](N)(C(=O)O)[C@H](O)C[N+](C)(C)C. The summed E-state index contributed by atoms with van der Waals surface area (Å²) in [6.07, 6.45) is 13.2. The Kier molecular flexibility index (Phi) is 14.1. The summed E-state index contributed by atoms with van der Waals surface area (Å²) in [5.74, 6) is -2.33. The highest BCUT2D eigenvalue weighted by atomic mass is 16.4. The molecule has 0 fully saturated rings. The zero-order valence-corrected chi connectivity index (χ0v) is 19.2. The van der Waals surface area contributed by atoms with Crippen molar-refractivity contribution in [3.8, 4) is 0 Å². The highest BCUT2D eigenvalue weighted by Crippen LogP contribution is 2.13. The molecule has 0 bridgehead atoms. The number of quaternary nitrogens is 1. The van der Waals surface area contributed by atoms with Crippen molar-refractivity contribution in [1.82, 2.24) is 5.32 Å². The van der Waals surface area contributed by atoms with E-state index in [1.54, 1.807) is 21.1 Å². The molecular formula is C22H46N3O4+. The number of aliphatic carboxylic acids is 1. The van der Waals surface area contributed by atoms with Gasteiger partial charge in [-0.2, -0.15) is 0 Å². The number of carboxylic acid groups (broad SMARTS) is 1. The number of carboxylic acids is 1.